The molecule has 5 rings (SSSR count). The number of fused-ring (bicyclic) bond motifs is 3. The van der Waals surface area contributed by atoms with Crippen molar-refractivity contribution >= 4 is 23.6 Å². The Balaban J connectivity index is 1.52. The lowest BCUT2D eigenvalue weighted by Crippen LogP contribution is -2.56. The second kappa shape index (κ2) is 11.7. The van der Waals surface area contributed by atoms with Crippen molar-refractivity contribution in [3.05, 3.63) is 29.8 Å². The SMILES string of the molecule is CC[C@H](C)[C@@H]1NC(=O)C[C@@H](C(=O)NC[C@@H]2CCC3CC2C3(C)C)NC(=O)c2ccccc2OCCNC1=O. The Morgan fingerprint density at radius 3 is 2.63 bits per heavy atom. The highest BCUT2D eigenvalue weighted by Gasteiger charge is 2.54. The second-order valence-electron chi connectivity index (χ2n) is 11.7. The zero-order valence-electron chi connectivity index (χ0n) is 23.0. The third-order valence-corrected chi connectivity index (χ3v) is 9.15. The van der Waals surface area contributed by atoms with E-state index in [1.165, 1.54) is 12.8 Å². The van der Waals surface area contributed by atoms with Gasteiger partial charge in [-0.1, -0.05) is 46.2 Å². The number of ether oxygens (including phenoxy) is 1. The van der Waals surface area contributed by atoms with Gasteiger partial charge in [-0.25, -0.2) is 0 Å². The number of nitrogens with one attached hydrogen (secondary N) is 4. The molecule has 9 heteroatoms. The Morgan fingerprint density at radius 1 is 1.16 bits per heavy atom. The van der Waals surface area contributed by atoms with Gasteiger partial charge in [-0.3, -0.25) is 19.2 Å². The van der Waals surface area contributed by atoms with Gasteiger partial charge in [-0.2, -0.15) is 0 Å². The molecule has 2 bridgehead atoms. The molecule has 208 valence electrons. The van der Waals surface area contributed by atoms with E-state index in [1.807, 2.05) is 13.8 Å². The molecule has 3 aliphatic carbocycles. The topological polar surface area (TPSA) is 126 Å². The number of rotatable bonds is 5. The van der Waals surface area contributed by atoms with Crippen LogP contribution >= 0.6 is 0 Å². The molecular formula is C29H42N4O5. The highest BCUT2D eigenvalue weighted by atomic mass is 16.5. The van der Waals surface area contributed by atoms with Gasteiger partial charge in [-0.05, 0) is 60.5 Å². The van der Waals surface area contributed by atoms with Crippen LogP contribution in [0, 0.1) is 29.1 Å². The first-order valence-electron chi connectivity index (χ1n) is 14.0. The molecule has 3 fully saturated rings. The summed E-state index contributed by atoms with van der Waals surface area (Å²) >= 11 is 0. The van der Waals surface area contributed by atoms with Crippen LogP contribution in [0.5, 0.6) is 5.75 Å². The van der Waals surface area contributed by atoms with Gasteiger partial charge in [0.1, 0.15) is 24.4 Å². The molecule has 38 heavy (non-hydrogen) atoms. The minimum atomic E-state index is -1.09. The van der Waals surface area contributed by atoms with E-state index in [1.54, 1.807) is 24.3 Å². The van der Waals surface area contributed by atoms with Gasteiger partial charge in [0, 0.05) is 6.54 Å². The van der Waals surface area contributed by atoms with Crippen molar-refractivity contribution in [2.45, 2.75) is 71.9 Å². The third-order valence-electron chi connectivity index (χ3n) is 9.15. The highest BCUT2D eigenvalue weighted by molar-refractivity contribution is 6.01. The molecule has 4 aliphatic rings. The van der Waals surface area contributed by atoms with E-state index in [-0.39, 0.29) is 37.0 Å². The summed E-state index contributed by atoms with van der Waals surface area (Å²) in [5.41, 5.74) is 0.558. The minimum Gasteiger partial charge on any atom is -0.491 e. The fourth-order valence-corrected chi connectivity index (χ4v) is 6.35. The summed E-state index contributed by atoms with van der Waals surface area (Å²) in [4.78, 5) is 52.6. The van der Waals surface area contributed by atoms with E-state index in [9.17, 15) is 19.2 Å². The molecule has 1 aliphatic heterocycles. The number of carbonyl (C=O) groups excluding carboxylic acids is 4. The number of benzene rings is 1. The highest BCUT2D eigenvalue weighted by Crippen LogP contribution is 2.61. The molecule has 1 heterocycles. The molecule has 4 N–H and O–H groups in total. The summed E-state index contributed by atoms with van der Waals surface area (Å²) in [5.74, 6) is 0.297. The third kappa shape index (κ3) is 5.97. The van der Waals surface area contributed by atoms with Crippen LogP contribution < -0.4 is 26.0 Å². The smallest absolute Gasteiger partial charge is 0.255 e. The quantitative estimate of drug-likeness (QED) is 0.469. The molecule has 3 saturated carbocycles. The van der Waals surface area contributed by atoms with Crippen molar-refractivity contribution < 1.29 is 23.9 Å². The van der Waals surface area contributed by atoms with E-state index in [0.717, 1.165) is 12.3 Å². The van der Waals surface area contributed by atoms with Crippen LogP contribution in [-0.4, -0.2) is 55.4 Å². The molecule has 1 aromatic carbocycles. The van der Waals surface area contributed by atoms with Gasteiger partial charge in [0.2, 0.25) is 17.7 Å². The van der Waals surface area contributed by atoms with Crippen molar-refractivity contribution in [2.24, 2.45) is 29.1 Å². The summed E-state index contributed by atoms with van der Waals surface area (Å²) in [6, 6.07) is 4.90. The van der Waals surface area contributed by atoms with Crippen LogP contribution in [0.15, 0.2) is 24.3 Å². The zero-order valence-corrected chi connectivity index (χ0v) is 23.0. The van der Waals surface area contributed by atoms with Gasteiger partial charge < -0.3 is 26.0 Å². The van der Waals surface area contributed by atoms with E-state index < -0.39 is 29.8 Å². The van der Waals surface area contributed by atoms with Crippen LogP contribution in [0.2, 0.25) is 0 Å². The minimum absolute atomic E-state index is 0.115. The normalized spacial score (nSPS) is 30.1. The molecule has 0 saturated heterocycles. The number of amides is 4. The molecule has 2 unspecified atom stereocenters. The number of para-hydroxylation sites is 1. The summed E-state index contributed by atoms with van der Waals surface area (Å²) in [5, 5.41) is 11.4. The van der Waals surface area contributed by atoms with Crippen LogP contribution in [-0.2, 0) is 14.4 Å². The molecule has 0 radical (unpaired) electrons. The van der Waals surface area contributed by atoms with Gasteiger partial charge >= 0.3 is 0 Å². The van der Waals surface area contributed by atoms with Crippen molar-refractivity contribution in [3.63, 3.8) is 0 Å². The standard InChI is InChI=1S/C29H42N4O5/c1-5-17(2)25-28(37)30-12-13-38-23-9-7-6-8-20(23)26(35)32-22(15-24(34)33-25)27(36)31-16-18-10-11-19-14-21(18)29(19,3)4/h6-9,17-19,21-22,25H,5,10-16H2,1-4H3,(H,30,37)(H,31,36)(H,32,35)(H,33,34)/t17-,18-,19?,21?,22-,25-/m0/s1. The van der Waals surface area contributed by atoms with Gasteiger partial charge in [-0.15, -0.1) is 0 Å². The molecule has 0 spiro atoms. The second-order valence-corrected chi connectivity index (χ2v) is 11.7. The first-order chi connectivity index (χ1) is 18.1. The van der Waals surface area contributed by atoms with Crippen LogP contribution in [0.1, 0.15) is 70.2 Å². The monoisotopic (exact) mass is 526 g/mol. The Kier molecular flexibility index (Phi) is 8.63. The maximum atomic E-state index is 13.4. The van der Waals surface area contributed by atoms with Crippen LogP contribution in [0.4, 0.5) is 0 Å². The van der Waals surface area contributed by atoms with Gasteiger partial charge in [0.05, 0.1) is 18.5 Å². The van der Waals surface area contributed by atoms with Crippen molar-refractivity contribution in [2.75, 3.05) is 19.7 Å². The first-order valence-corrected chi connectivity index (χ1v) is 14.0. The molecule has 1 aromatic rings. The number of hydrogen-bond donors (Lipinski definition) is 4. The van der Waals surface area contributed by atoms with Gasteiger partial charge in [0.25, 0.3) is 5.91 Å². The maximum Gasteiger partial charge on any atom is 0.255 e. The lowest BCUT2D eigenvalue weighted by molar-refractivity contribution is -0.132. The zero-order chi connectivity index (χ0) is 27.4. The van der Waals surface area contributed by atoms with Crippen molar-refractivity contribution in [3.8, 4) is 5.75 Å². The fourth-order valence-electron chi connectivity index (χ4n) is 6.35. The predicted octanol–water partition coefficient (Wildman–Crippen LogP) is 2.40. The Labute approximate surface area is 225 Å². The average Bonchev–Trinajstić information content (AvgIpc) is 2.91. The predicted molar refractivity (Wildman–Crippen MR) is 143 cm³/mol. The molecule has 4 amide bonds. The van der Waals surface area contributed by atoms with Crippen LogP contribution in [0.25, 0.3) is 0 Å². The summed E-state index contributed by atoms with van der Waals surface area (Å²) < 4.78 is 5.79. The fraction of sp³-hybridized carbons (Fsp3) is 0.655. The van der Waals surface area contributed by atoms with E-state index in [4.69, 9.17) is 4.74 Å². The Morgan fingerprint density at radius 2 is 1.92 bits per heavy atom. The summed E-state index contributed by atoms with van der Waals surface area (Å²) in [7, 11) is 0. The number of carbonyl (C=O) groups is 4. The molecule has 6 atom stereocenters. The van der Waals surface area contributed by atoms with E-state index in [0.29, 0.717) is 36.0 Å². The van der Waals surface area contributed by atoms with E-state index in [2.05, 4.69) is 35.1 Å². The van der Waals surface area contributed by atoms with Gasteiger partial charge in [0.15, 0.2) is 0 Å². The number of hydrogen-bond acceptors (Lipinski definition) is 5. The Bertz CT molecular complexity index is 1060. The largest absolute Gasteiger partial charge is 0.491 e. The Hall–Kier alpha value is -3.10. The summed E-state index contributed by atoms with van der Waals surface area (Å²) in [6.45, 7) is 9.36. The lowest BCUT2D eigenvalue weighted by atomic mass is 9.45. The van der Waals surface area contributed by atoms with Crippen LogP contribution in [0.3, 0.4) is 0 Å². The summed E-state index contributed by atoms with van der Waals surface area (Å²) in [6.07, 6.45) is 3.85. The average molecular weight is 527 g/mol. The molecule has 9 nitrogen and oxygen atoms in total. The van der Waals surface area contributed by atoms with E-state index >= 15 is 0 Å². The lowest BCUT2D eigenvalue weighted by Gasteiger charge is -2.60. The molecule has 0 aromatic heterocycles. The van der Waals surface area contributed by atoms with Crippen molar-refractivity contribution in [1.82, 2.24) is 21.3 Å². The van der Waals surface area contributed by atoms with Crippen molar-refractivity contribution in [1.29, 1.82) is 0 Å². The first kappa shape index (κ1) is 27.9. The maximum absolute atomic E-state index is 13.4. The molecular weight excluding hydrogens is 484 g/mol.